The van der Waals surface area contributed by atoms with Gasteiger partial charge in [-0.3, -0.25) is 0 Å². The maximum atomic E-state index is 5.82. The van der Waals surface area contributed by atoms with Gasteiger partial charge in [-0.2, -0.15) is 0 Å². The van der Waals surface area contributed by atoms with Gasteiger partial charge in [0.15, 0.2) is 0 Å². The van der Waals surface area contributed by atoms with E-state index in [2.05, 4.69) is 22.9 Å². The van der Waals surface area contributed by atoms with Gasteiger partial charge in [-0.05, 0) is 25.2 Å². The highest BCUT2D eigenvalue weighted by molar-refractivity contribution is 9.09. The Morgan fingerprint density at radius 2 is 2.11 bits per heavy atom. The van der Waals surface area contributed by atoms with Crippen LogP contribution in [-0.2, 0) is 0 Å². The van der Waals surface area contributed by atoms with Gasteiger partial charge in [-0.25, -0.2) is 0 Å². The molecule has 1 aliphatic rings. The molecular formula is C7H14BrN. The van der Waals surface area contributed by atoms with E-state index in [1.54, 1.807) is 0 Å². The maximum absolute atomic E-state index is 5.82. The maximum Gasteiger partial charge on any atom is 0.0149 e. The largest absolute Gasteiger partial charge is 0.327 e. The molecule has 0 heterocycles. The molecule has 0 saturated heterocycles. The van der Waals surface area contributed by atoms with Crippen LogP contribution in [0.2, 0.25) is 0 Å². The van der Waals surface area contributed by atoms with Crippen LogP contribution in [0.15, 0.2) is 0 Å². The fraction of sp³-hybridized carbons (Fsp3) is 1.00. The van der Waals surface area contributed by atoms with E-state index in [9.17, 15) is 0 Å². The molecule has 0 amide bonds. The summed E-state index contributed by atoms with van der Waals surface area (Å²) < 4.78 is 0. The summed E-state index contributed by atoms with van der Waals surface area (Å²) >= 11 is 3.60. The summed E-state index contributed by atoms with van der Waals surface area (Å²) in [6.07, 6.45) is 3.70. The van der Waals surface area contributed by atoms with Crippen molar-refractivity contribution in [1.82, 2.24) is 0 Å². The van der Waals surface area contributed by atoms with Crippen molar-refractivity contribution in [3.05, 3.63) is 0 Å². The fourth-order valence-electron chi connectivity index (χ4n) is 1.35. The molecule has 0 bridgehead atoms. The first-order valence-corrected chi connectivity index (χ1v) is 4.51. The highest BCUT2D eigenvalue weighted by Gasteiger charge is 2.22. The van der Waals surface area contributed by atoms with Crippen molar-refractivity contribution < 1.29 is 0 Å². The van der Waals surface area contributed by atoms with Crippen molar-refractivity contribution >= 4 is 15.9 Å². The van der Waals surface area contributed by atoms with E-state index in [-0.39, 0.29) is 0 Å². The summed E-state index contributed by atoms with van der Waals surface area (Å²) in [5.74, 6) is 0.711. The normalized spacial score (nSPS) is 45.0. The molecule has 0 aliphatic heterocycles. The van der Waals surface area contributed by atoms with Crippen LogP contribution in [0.4, 0.5) is 0 Å². The SMILES string of the molecule is CC1C[C@@H](Br)CCC1N. The molecule has 0 aromatic carbocycles. The summed E-state index contributed by atoms with van der Waals surface area (Å²) in [5, 5.41) is 0. The zero-order valence-electron chi connectivity index (χ0n) is 5.81. The van der Waals surface area contributed by atoms with Crippen LogP contribution in [0.5, 0.6) is 0 Å². The molecular weight excluding hydrogens is 178 g/mol. The first-order valence-electron chi connectivity index (χ1n) is 3.60. The second kappa shape index (κ2) is 3.02. The number of nitrogens with two attached hydrogens (primary N) is 1. The molecule has 9 heavy (non-hydrogen) atoms. The third kappa shape index (κ3) is 1.94. The summed E-state index contributed by atoms with van der Waals surface area (Å²) in [6, 6.07) is 0.457. The number of halogens is 1. The second-order valence-corrected chi connectivity index (χ2v) is 4.35. The molecule has 1 saturated carbocycles. The Balaban J connectivity index is 2.35. The third-order valence-electron chi connectivity index (χ3n) is 2.17. The van der Waals surface area contributed by atoms with Crippen LogP contribution in [0.25, 0.3) is 0 Å². The minimum Gasteiger partial charge on any atom is -0.327 e. The Bertz CT molecular complexity index is 94.9. The molecule has 54 valence electrons. The minimum absolute atomic E-state index is 0.457. The number of alkyl halides is 1. The molecule has 1 nitrogen and oxygen atoms in total. The van der Waals surface area contributed by atoms with E-state index in [1.807, 2.05) is 0 Å². The smallest absolute Gasteiger partial charge is 0.0149 e. The van der Waals surface area contributed by atoms with E-state index in [1.165, 1.54) is 19.3 Å². The van der Waals surface area contributed by atoms with E-state index >= 15 is 0 Å². The van der Waals surface area contributed by atoms with Crippen molar-refractivity contribution in [2.75, 3.05) is 0 Å². The van der Waals surface area contributed by atoms with E-state index in [4.69, 9.17) is 5.73 Å². The monoisotopic (exact) mass is 191 g/mol. The Hall–Kier alpha value is 0.440. The molecule has 0 spiro atoms. The molecule has 1 aliphatic carbocycles. The highest BCUT2D eigenvalue weighted by atomic mass is 79.9. The summed E-state index contributed by atoms with van der Waals surface area (Å²) in [7, 11) is 0. The standard InChI is InChI=1S/C7H14BrN/c1-5-4-6(8)2-3-7(5)9/h5-7H,2-4,9H2,1H3/t5?,6-,7?/m0/s1. The highest BCUT2D eigenvalue weighted by Crippen LogP contribution is 2.27. The molecule has 2 N–H and O–H groups in total. The van der Waals surface area contributed by atoms with Gasteiger partial charge >= 0.3 is 0 Å². The average Bonchev–Trinajstić information content (AvgIpc) is 1.80. The van der Waals surface area contributed by atoms with Crippen LogP contribution in [0, 0.1) is 5.92 Å². The Morgan fingerprint density at radius 1 is 1.44 bits per heavy atom. The molecule has 1 rings (SSSR count). The van der Waals surface area contributed by atoms with Gasteiger partial charge in [0, 0.05) is 10.9 Å². The predicted molar refractivity (Wildman–Crippen MR) is 43.7 cm³/mol. The van der Waals surface area contributed by atoms with Gasteiger partial charge in [-0.15, -0.1) is 0 Å². The van der Waals surface area contributed by atoms with Gasteiger partial charge in [0.05, 0.1) is 0 Å². The van der Waals surface area contributed by atoms with E-state index < -0.39 is 0 Å². The van der Waals surface area contributed by atoms with Crippen molar-refractivity contribution in [3.8, 4) is 0 Å². The zero-order chi connectivity index (χ0) is 6.85. The van der Waals surface area contributed by atoms with Gasteiger partial charge in [0.25, 0.3) is 0 Å². The van der Waals surface area contributed by atoms with Crippen LogP contribution < -0.4 is 5.73 Å². The van der Waals surface area contributed by atoms with Crippen LogP contribution in [0.3, 0.4) is 0 Å². The number of rotatable bonds is 0. The first-order chi connectivity index (χ1) is 4.20. The zero-order valence-corrected chi connectivity index (χ0v) is 7.39. The Morgan fingerprint density at radius 3 is 2.56 bits per heavy atom. The Kier molecular flexibility index (Phi) is 2.53. The second-order valence-electron chi connectivity index (χ2n) is 3.05. The molecule has 2 unspecified atom stereocenters. The van der Waals surface area contributed by atoms with Crippen molar-refractivity contribution in [2.45, 2.75) is 37.1 Å². The van der Waals surface area contributed by atoms with Crippen molar-refractivity contribution in [3.63, 3.8) is 0 Å². The molecule has 1 fully saturated rings. The third-order valence-corrected chi connectivity index (χ3v) is 3.00. The van der Waals surface area contributed by atoms with Gasteiger partial charge in [-0.1, -0.05) is 22.9 Å². The predicted octanol–water partition coefficient (Wildman–Crippen LogP) is 1.90. The lowest BCUT2D eigenvalue weighted by molar-refractivity contribution is 0.341. The lowest BCUT2D eigenvalue weighted by Crippen LogP contribution is -2.34. The van der Waals surface area contributed by atoms with Gasteiger partial charge < -0.3 is 5.73 Å². The van der Waals surface area contributed by atoms with Crippen LogP contribution in [-0.4, -0.2) is 10.9 Å². The number of hydrogen-bond donors (Lipinski definition) is 1. The molecule has 2 heteroatoms. The molecule has 3 atom stereocenters. The quantitative estimate of drug-likeness (QED) is 0.583. The number of hydrogen-bond acceptors (Lipinski definition) is 1. The lowest BCUT2D eigenvalue weighted by atomic mass is 9.87. The first kappa shape index (κ1) is 7.55. The topological polar surface area (TPSA) is 26.0 Å². The van der Waals surface area contributed by atoms with Crippen LogP contribution in [0.1, 0.15) is 26.2 Å². The molecule has 0 aromatic heterocycles. The van der Waals surface area contributed by atoms with E-state index in [0.717, 1.165) is 4.83 Å². The summed E-state index contributed by atoms with van der Waals surface area (Å²) in [6.45, 7) is 2.23. The van der Waals surface area contributed by atoms with Gasteiger partial charge in [0.2, 0.25) is 0 Å². The van der Waals surface area contributed by atoms with Crippen molar-refractivity contribution in [2.24, 2.45) is 11.7 Å². The molecule has 0 aromatic rings. The van der Waals surface area contributed by atoms with Gasteiger partial charge in [0.1, 0.15) is 0 Å². The van der Waals surface area contributed by atoms with Crippen molar-refractivity contribution in [1.29, 1.82) is 0 Å². The summed E-state index contributed by atoms with van der Waals surface area (Å²) in [4.78, 5) is 0.729. The lowest BCUT2D eigenvalue weighted by Gasteiger charge is -2.28. The minimum atomic E-state index is 0.457. The van der Waals surface area contributed by atoms with E-state index in [0.29, 0.717) is 12.0 Å². The fourth-order valence-corrected chi connectivity index (χ4v) is 2.21. The Labute approximate surface area is 65.1 Å². The average molecular weight is 192 g/mol. The molecule has 0 radical (unpaired) electrons. The summed E-state index contributed by atoms with van der Waals surface area (Å²) in [5.41, 5.74) is 5.82. The van der Waals surface area contributed by atoms with Crippen LogP contribution >= 0.6 is 15.9 Å².